The van der Waals surface area contributed by atoms with Crippen LogP contribution in [0.4, 0.5) is 5.69 Å². The maximum Gasteiger partial charge on any atom is 0.227 e. The second-order valence-corrected chi connectivity index (χ2v) is 8.03. The van der Waals surface area contributed by atoms with Crippen molar-refractivity contribution in [3.05, 3.63) is 17.7 Å². The molecule has 0 saturated heterocycles. The van der Waals surface area contributed by atoms with Crippen LogP contribution < -0.4 is 5.32 Å². The third-order valence-corrected chi connectivity index (χ3v) is 5.43. The summed E-state index contributed by atoms with van der Waals surface area (Å²) in [4.78, 5) is 24.3. The number of hydrogen-bond acceptors (Lipinski definition) is 4. The average molecular weight is 406 g/mol. The van der Waals surface area contributed by atoms with Gasteiger partial charge in [-0.15, -0.1) is 0 Å². The van der Waals surface area contributed by atoms with Gasteiger partial charge in [-0.25, -0.2) is 0 Å². The van der Waals surface area contributed by atoms with E-state index in [0.29, 0.717) is 0 Å². The molecule has 0 fully saturated rings. The highest BCUT2D eigenvalue weighted by atomic mass is 16.3. The number of unbranched alkanes of at least 4 members (excludes halogenated alkanes) is 8. The molecule has 0 bridgehead atoms. The smallest absolute Gasteiger partial charge is 0.227 e. The molecule has 5 heteroatoms. The molecule has 0 heterocycles. The fraction of sp³-hybridized carbons (Fsp3) is 0.667. The maximum atomic E-state index is 12.9. The van der Waals surface area contributed by atoms with Crippen molar-refractivity contribution in [2.45, 2.75) is 97.8 Å². The summed E-state index contributed by atoms with van der Waals surface area (Å²) in [6.45, 7) is 5.69. The molecule has 0 aliphatic rings. The number of nitrogens with one attached hydrogen (secondary N) is 1. The summed E-state index contributed by atoms with van der Waals surface area (Å²) in [5.74, 6) is -1.01. The Balaban J connectivity index is 2.71. The lowest BCUT2D eigenvalue weighted by molar-refractivity contribution is -0.120. The van der Waals surface area contributed by atoms with Crippen molar-refractivity contribution >= 4 is 17.4 Å². The van der Waals surface area contributed by atoms with Crippen molar-refractivity contribution < 1.29 is 19.8 Å². The first-order valence-electron chi connectivity index (χ1n) is 11.3. The molecule has 0 aliphatic carbocycles. The molecule has 0 radical (unpaired) electrons. The predicted octanol–water partition coefficient (Wildman–Crippen LogP) is 6.58. The summed E-state index contributed by atoms with van der Waals surface area (Å²) in [7, 11) is 0. The zero-order valence-electron chi connectivity index (χ0n) is 18.4. The van der Waals surface area contributed by atoms with Gasteiger partial charge in [-0.2, -0.15) is 0 Å². The lowest BCUT2D eigenvalue weighted by Crippen LogP contribution is -2.23. The van der Waals surface area contributed by atoms with Gasteiger partial charge >= 0.3 is 0 Å². The van der Waals surface area contributed by atoms with E-state index in [4.69, 9.17) is 0 Å². The third kappa shape index (κ3) is 9.33. The third-order valence-electron chi connectivity index (χ3n) is 5.43. The van der Waals surface area contributed by atoms with Gasteiger partial charge in [0, 0.05) is 12.0 Å². The summed E-state index contributed by atoms with van der Waals surface area (Å²) < 4.78 is 0. The van der Waals surface area contributed by atoms with Gasteiger partial charge in [0.05, 0.1) is 11.3 Å². The van der Waals surface area contributed by atoms with Crippen molar-refractivity contribution in [2.75, 3.05) is 5.32 Å². The molecule has 0 aliphatic heterocycles. The molecule has 29 heavy (non-hydrogen) atoms. The summed E-state index contributed by atoms with van der Waals surface area (Å²) in [5.41, 5.74) is 0.197. The monoisotopic (exact) mass is 405 g/mol. The lowest BCUT2D eigenvalue weighted by atomic mass is 9.93. The summed E-state index contributed by atoms with van der Waals surface area (Å²) in [6.07, 6.45) is 13.2. The highest BCUT2D eigenvalue weighted by molar-refractivity contribution is 6.00. The molecule has 1 aromatic rings. The van der Waals surface area contributed by atoms with E-state index in [-0.39, 0.29) is 40.4 Å². The van der Waals surface area contributed by atoms with Crippen LogP contribution in [0.2, 0.25) is 0 Å². The van der Waals surface area contributed by atoms with Crippen molar-refractivity contribution in [3.8, 4) is 11.5 Å². The number of phenolic OH excluding ortho intramolecular Hbond substituents is 2. The molecule has 1 amide bonds. The number of phenols is 2. The molecule has 1 aromatic carbocycles. The van der Waals surface area contributed by atoms with Crippen molar-refractivity contribution in [1.29, 1.82) is 0 Å². The van der Waals surface area contributed by atoms with Gasteiger partial charge in [-0.1, -0.05) is 78.1 Å². The number of anilines is 1. The van der Waals surface area contributed by atoms with Crippen LogP contribution in [0.1, 0.15) is 108 Å². The van der Waals surface area contributed by atoms with E-state index < -0.39 is 0 Å². The van der Waals surface area contributed by atoms with E-state index >= 15 is 0 Å². The summed E-state index contributed by atoms with van der Waals surface area (Å²) >= 11 is 0. The molecule has 164 valence electrons. The fourth-order valence-electron chi connectivity index (χ4n) is 3.59. The molecular formula is C24H39NO4. The van der Waals surface area contributed by atoms with Crippen LogP contribution >= 0.6 is 0 Å². The Morgan fingerprint density at radius 2 is 1.34 bits per heavy atom. The Morgan fingerprint density at radius 1 is 0.828 bits per heavy atom. The van der Waals surface area contributed by atoms with Gasteiger partial charge in [0.1, 0.15) is 11.5 Å². The Hall–Kier alpha value is -2.04. The maximum absolute atomic E-state index is 12.9. The van der Waals surface area contributed by atoms with Gasteiger partial charge < -0.3 is 15.5 Å². The largest absolute Gasteiger partial charge is 0.507 e. The van der Waals surface area contributed by atoms with Crippen LogP contribution in [0.3, 0.4) is 0 Å². The van der Waals surface area contributed by atoms with Crippen LogP contribution in [0, 0.1) is 5.92 Å². The molecule has 1 atom stereocenters. The number of hydrogen-bond donors (Lipinski definition) is 3. The SMILES string of the molecule is CCCCCCCCC(CCCCCC)C(=O)Nc1cc(O)c(C(C)=O)cc1O. The highest BCUT2D eigenvalue weighted by Crippen LogP contribution is 2.32. The number of carbonyl (C=O) groups is 2. The Labute approximate surface area is 175 Å². The Kier molecular flexibility index (Phi) is 12.1. The standard InChI is InChI=1S/C24H39NO4/c1-4-6-8-10-11-13-15-19(14-12-9-7-5-2)24(29)25-21-17-22(27)20(18(3)26)16-23(21)28/h16-17,19,27-28H,4-15H2,1-3H3,(H,25,29). The van der Waals surface area contributed by atoms with E-state index in [1.165, 1.54) is 51.2 Å². The average Bonchev–Trinajstić information content (AvgIpc) is 2.68. The topological polar surface area (TPSA) is 86.6 Å². The van der Waals surface area contributed by atoms with Gasteiger partial charge in [-0.05, 0) is 25.8 Å². The first-order chi connectivity index (χ1) is 13.9. The van der Waals surface area contributed by atoms with Crippen LogP contribution in [0.25, 0.3) is 0 Å². The van der Waals surface area contributed by atoms with Gasteiger partial charge in [0.15, 0.2) is 5.78 Å². The molecule has 1 unspecified atom stereocenters. The summed E-state index contributed by atoms with van der Waals surface area (Å²) in [6, 6.07) is 2.46. The first kappa shape index (κ1) is 25.0. The van der Waals surface area contributed by atoms with Crippen LogP contribution in [0.5, 0.6) is 11.5 Å². The van der Waals surface area contributed by atoms with Gasteiger partial charge in [-0.3, -0.25) is 9.59 Å². The normalized spacial score (nSPS) is 12.0. The lowest BCUT2D eigenvalue weighted by Gasteiger charge is -2.18. The first-order valence-corrected chi connectivity index (χ1v) is 11.3. The van der Waals surface area contributed by atoms with E-state index in [0.717, 1.165) is 44.9 Å². The minimum absolute atomic E-state index is 0.0451. The van der Waals surface area contributed by atoms with E-state index in [1.54, 1.807) is 0 Å². The Bertz CT molecular complexity index is 642. The second kappa shape index (κ2) is 14.0. The second-order valence-electron chi connectivity index (χ2n) is 8.03. The molecular weight excluding hydrogens is 366 g/mol. The summed E-state index contributed by atoms with van der Waals surface area (Å²) in [5, 5.41) is 22.9. The minimum Gasteiger partial charge on any atom is -0.507 e. The number of benzene rings is 1. The molecule has 1 rings (SSSR count). The van der Waals surface area contributed by atoms with Crippen molar-refractivity contribution in [3.63, 3.8) is 0 Å². The predicted molar refractivity (Wildman–Crippen MR) is 119 cm³/mol. The van der Waals surface area contributed by atoms with E-state index in [9.17, 15) is 19.8 Å². The van der Waals surface area contributed by atoms with Crippen LogP contribution in [-0.4, -0.2) is 21.9 Å². The number of amides is 1. The molecule has 0 aromatic heterocycles. The van der Waals surface area contributed by atoms with Crippen LogP contribution in [0.15, 0.2) is 12.1 Å². The highest BCUT2D eigenvalue weighted by Gasteiger charge is 2.20. The quantitative estimate of drug-likeness (QED) is 0.133. The van der Waals surface area contributed by atoms with Gasteiger partial charge in [0.2, 0.25) is 5.91 Å². The van der Waals surface area contributed by atoms with E-state index in [1.807, 2.05) is 0 Å². The van der Waals surface area contributed by atoms with Crippen molar-refractivity contribution in [2.24, 2.45) is 5.92 Å². The zero-order valence-corrected chi connectivity index (χ0v) is 18.4. The number of Topliss-reactive ketones (excluding diaryl/α,β-unsaturated/α-hetero) is 1. The number of aromatic hydroxyl groups is 2. The van der Waals surface area contributed by atoms with Crippen LogP contribution in [-0.2, 0) is 4.79 Å². The molecule has 0 spiro atoms. The molecule has 0 saturated carbocycles. The molecule has 3 N–H and O–H groups in total. The number of ketones is 1. The Morgan fingerprint density at radius 3 is 1.90 bits per heavy atom. The minimum atomic E-state index is -0.340. The van der Waals surface area contributed by atoms with E-state index in [2.05, 4.69) is 19.2 Å². The number of rotatable bonds is 15. The fourth-order valence-corrected chi connectivity index (χ4v) is 3.59. The number of carbonyl (C=O) groups excluding carboxylic acids is 2. The van der Waals surface area contributed by atoms with Gasteiger partial charge in [0.25, 0.3) is 0 Å². The van der Waals surface area contributed by atoms with Crippen molar-refractivity contribution in [1.82, 2.24) is 0 Å². The molecule has 5 nitrogen and oxygen atoms in total. The zero-order chi connectivity index (χ0) is 21.6.